The first-order valence-corrected chi connectivity index (χ1v) is 17.2. The Morgan fingerprint density at radius 3 is 2.42 bits per heavy atom. The fourth-order valence-electron chi connectivity index (χ4n) is 6.92. The van der Waals surface area contributed by atoms with Crippen molar-refractivity contribution in [3.8, 4) is 11.1 Å². The molecule has 0 bridgehead atoms. The van der Waals surface area contributed by atoms with Gasteiger partial charge in [-0.25, -0.2) is 9.37 Å². The van der Waals surface area contributed by atoms with E-state index in [2.05, 4.69) is 60.4 Å². The number of halogens is 2. The Morgan fingerprint density at radius 2 is 1.67 bits per heavy atom. The number of rotatable bonds is 13. The summed E-state index contributed by atoms with van der Waals surface area (Å²) in [5.41, 5.74) is 5.13. The molecule has 2 N–H and O–H groups in total. The van der Waals surface area contributed by atoms with Crippen molar-refractivity contribution in [2.45, 2.75) is 70.4 Å². The van der Waals surface area contributed by atoms with E-state index in [0.29, 0.717) is 22.7 Å². The summed E-state index contributed by atoms with van der Waals surface area (Å²) in [6.07, 6.45) is 15.5. The van der Waals surface area contributed by atoms with Gasteiger partial charge in [0, 0.05) is 72.8 Å². The van der Waals surface area contributed by atoms with Crippen LogP contribution in [0.5, 0.6) is 0 Å². The highest BCUT2D eigenvalue weighted by molar-refractivity contribution is 6.30. The van der Waals surface area contributed by atoms with Crippen LogP contribution in [0, 0.1) is 5.82 Å². The molecule has 6 rings (SSSR count). The number of hydrogen-bond acceptors (Lipinski definition) is 6. The van der Waals surface area contributed by atoms with Gasteiger partial charge in [0.15, 0.2) is 0 Å². The maximum Gasteiger partial charge on any atom is 0.229 e. The molecule has 1 aliphatic heterocycles. The molecule has 240 valence electrons. The minimum atomic E-state index is -0.397. The maximum atomic E-state index is 14.0. The van der Waals surface area contributed by atoms with Crippen LogP contribution >= 0.6 is 11.6 Å². The van der Waals surface area contributed by atoms with Crippen LogP contribution in [0.15, 0.2) is 54.9 Å². The molecule has 2 fully saturated rings. The minimum absolute atomic E-state index is 0.332. The van der Waals surface area contributed by atoms with Gasteiger partial charge in [0.25, 0.3) is 0 Å². The van der Waals surface area contributed by atoms with Crippen LogP contribution < -0.4 is 10.6 Å². The van der Waals surface area contributed by atoms with Crippen molar-refractivity contribution in [1.29, 1.82) is 0 Å². The first-order chi connectivity index (χ1) is 22.1. The van der Waals surface area contributed by atoms with E-state index in [1.165, 1.54) is 87.8 Å². The van der Waals surface area contributed by atoms with E-state index in [4.69, 9.17) is 16.6 Å². The van der Waals surface area contributed by atoms with Gasteiger partial charge < -0.3 is 20.1 Å². The van der Waals surface area contributed by atoms with Gasteiger partial charge in [-0.15, -0.1) is 0 Å². The van der Waals surface area contributed by atoms with Crippen LogP contribution in [0.25, 0.3) is 22.2 Å². The summed E-state index contributed by atoms with van der Waals surface area (Å²) in [5.74, 6) is 0.0391. The summed E-state index contributed by atoms with van der Waals surface area (Å²) in [4.78, 5) is 14.8. The number of nitrogens with one attached hydrogen (secondary N) is 2. The Kier molecular flexibility index (Phi) is 11.0. The number of anilines is 2. The van der Waals surface area contributed by atoms with Crippen molar-refractivity contribution in [2.24, 2.45) is 0 Å². The number of nitrogens with zero attached hydrogens (tertiary/aromatic N) is 5. The predicted octanol–water partition coefficient (Wildman–Crippen LogP) is 8.04. The number of unbranched alkanes of at least 4 members (excludes halogenated alkanes) is 3. The molecule has 0 spiro atoms. The summed E-state index contributed by atoms with van der Waals surface area (Å²) in [5, 5.41) is 7.76. The lowest BCUT2D eigenvalue weighted by atomic mass is 9.95. The number of piperazine rings is 1. The quantitative estimate of drug-likeness (QED) is 0.146. The topological polar surface area (TPSA) is 61.2 Å². The molecule has 2 aromatic heterocycles. The Hall–Kier alpha value is -3.04. The van der Waals surface area contributed by atoms with Gasteiger partial charge in [-0.3, -0.25) is 4.90 Å². The van der Waals surface area contributed by atoms with Crippen molar-refractivity contribution in [3.63, 3.8) is 0 Å². The van der Waals surface area contributed by atoms with E-state index in [0.717, 1.165) is 55.6 Å². The van der Waals surface area contributed by atoms with E-state index in [1.54, 1.807) is 6.07 Å². The summed E-state index contributed by atoms with van der Waals surface area (Å²) in [6, 6.07) is 13.8. The summed E-state index contributed by atoms with van der Waals surface area (Å²) >= 11 is 6.08. The van der Waals surface area contributed by atoms with Crippen molar-refractivity contribution < 1.29 is 4.39 Å². The van der Waals surface area contributed by atoms with Crippen LogP contribution in [-0.2, 0) is 6.54 Å². The molecule has 1 aliphatic carbocycles. The molecular weight excluding hydrogens is 585 g/mol. The Balaban J connectivity index is 1.13. The summed E-state index contributed by atoms with van der Waals surface area (Å²) in [6.45, 7) is 7.95. The van der Waals surface area contributed by atoms with E-state index < -0.39 is 5.82 Å². The van der Waals surface area contributed by atoms with Crippen LogP contribution in [0.1, 0.15) is 69.4 Å². The van der Waals surface area contributed by atoms with E-state index >= 15 is 0 Å². The third kappa shape index (κ3) is 8.41. The van der Waals surface area contributed by atoms with Gasteiger partial charge in [0.1, 0.15) is 11.5 Å². The zero-order valence-corrected chi connectivity index (χ0v) is 27.3. The van der Waals surface area contributed by atoms with E-state index in [9.17, 15) is 4.39 Å². The van der Waals surface area contributed by atoms with Crippen LogP contribution in [-0.4, -0.2) is 70.7 Å². The van der Waals surface area contributed by atoms with Crippen molar-refractivity contribution in [2.75, 3.05) is 51.6 Å². The van der Waals surface area contributed by atoms with Crippen molar-refractivity contribution >= 4 is 34.3 Å². The molecule has 0 radical (unpaired) electrons. The first kappa shape index (κ1) is 31.9. The zero-order valence-electron chi connectivity index (χ0n) is 26.6. The molecule has 0 unspecified atom stereocenters. The normalized spacial score (nSPS) is 16.9. The lowest BCUT2D eigenvalue weighted by molar-refractivity contribution is 0.125. The third-order valence-corrected chi connectivity index (χ3v) is 9.66. The molecule has 9 heteroatoms. The van der Waals surface area contributed by atoms with Crippen LogP contribution in [0.4, 0.5) is 16.0 Å². The Morgan fingerprint density at radius 1 is 0.911 bits per heavy atom. The highest BCUT2D eigenvalue weighted by atomic mass is 35.5. The SMILES string of the molecule is CNCCCCCCN1CCN(Cc2ccc(-c3cn(C4CCCCC4)c4nc(Nc5cc(F)cc(Cl)c5)ncc34)cc2)CC1. The molecule has 1 saturated carbocycles. The molecular formula is C36H47ClFN7. The standard InChI is InChI=1S/C36H47ClFN7/c1-39-15-7-2-3-8-16-43-17-19-44(20-18-43)25-27-11-13-28(14-12-27)34-26-45(32-9-5-4-6-10-32)35-33(34)24-40-36(42-35)41-31-22-29(37)21-30(38)23-31/h11-14,21-24,26,32,39H,2-10,15-20,25H2,1H3,(H,40,41,42). The fourth-order valence-corrected chi connectivity index (χ4v) is 7.14. The fraction of sp³-hybridized carbons (Fsp3) is 0.500. The van der Waals surface area contributed by atoms with Gasteiger partial charge in [-0.05, 0) is 75.1 Å². The number of benzene rings is 2. The molecule has 3 heterocycles. The average Bonchev–Trinajstić information content (AvgIpc) is 3.43. The first-order valence-electron chi connectivity index (χ1n) is 16.8. The lowest BCUT2D eigenvalue weighted by Gasteiger charge is -2.34. The molecule has 1 saturated heterocycles. The number of fused-ring (bicyclic) bond motifs is 1. The molecule has 7 nitrogen and oxygen atoms in total. The smallest absolute Gasteiger partial charge is 0.229 e. The summed E-state index contributed by atoms with van der Waals surface area (Å²) < 4.78 is 16.3. The van der Waals surface area contributed by atoms with Crippen molar-refractivity contribution in [3.05, 3.63) is 71.3 Å². The second kappa shape index (κ2) is 15.5. The van der Waals surface area contributed by atoms with E-state index in [-0.39, 0.29) is 0 Å². The Bertz CT molecular complexity index is 1500. The van der Waals surface area contributed by atoms with Crippen molar-refractivity contribution in [1.82, 2.24) is 29.7 Å². The zero-order chi connectivity index (χ0) is 31.0. The second-order valence-corrected chi connectivity index (χ2v) is 13.2. The highest BCUT2D eigenvalue weighted by Crippen LogP contribution is 2.37. The lowest BCUT2D eigenvalue weighted by Crippen LogP contribution is -2.46. The number of hydrogen-bond donors (Lipinski definition) is 2. The second-order valence-electron chi connectivity index (χ2n) is 12.8. The van der Waals surface area contributed by atoms with E-state index in [1.807, 2.05) is 13.2 Å². The van der Waals surface area contributed by atoms with Gasteiger partial charge in [0.05, 0.1) is 0 Å². The molecule has 2 aromatic carbocycles. The molecule has 4 aromatic rings. The third-order valence-electron chi connectivity index (χ3n) is 9.45. The van der Waals surface area contributed by atoms with Gasteiger partial charge in [0.2, 0.25) is 5.95 Å². The predicted molar refractivity (Wildman–Crippen MR) is 184 cm³/mol. The highest BCUT2D eigenvalue weighted by Gasteiger charge is 2.22. The summed E-state index contributed by atoms with van der Waals surface area (Å²) in [7, 11) is 2.03. The van der Waals surface area contributed by atoms with Gasteiger partial charge in [-0.1, -0.05) is 68.0 Å². The van der Waals surface area contributed by atoms with Gasteiger partial charge in [-0.2, -0.15) is 4.98 Å². The molecule has 0 atom stereocenters. The monoisotopic (exact) mass is 631 g/mol. The average molecular weight is 632 g/mol. The van der Waals surface area contributed by atoms with Crippen LogP contribution in [0.2, 0.25) is 5.02 Å². The van der Waals surface area contributed by atoms with Crippen LogP contribution in [0.3, 0.4) is 0 Å². The van der Waals surface area contributed by atoms with Gasteiger partial charge >= 0.3 is 0 Å². The largest absolute Gasteiger partial charge is 0.329 e. The molecule has 2 aliphatic rings. The number of aromatic nitrogens is 3. The maximum absolute atomic E-state index is 14.0. The molecule has 45 heavy (non-hydrogen) atoms. The Labute approximate surface area is 272 Å². The minimum Gasteiger partial charge on any atom is -0.329 e. The molecule has 0 amide bonds.